The van der Waals surface area contributed by atoms with Gasteiger partial charge in [-0.2, -0.15) is 0 Å². The molecule has 0 bridgehead atoms. The second-order valence-corrected chi connectivity index (χ2v) is 5.23. The van der Waals surface area contributed by atoms with Crippen molar-refractivity contribution in [3.8, 4) is 0 Å². The summed E-state index contributed by atoms with van der Waals surface area (Å²) in [5.41, 5.74) is 1.25. The molecule has 1 unspecified atom stereocenters. The van der Waals surface area contributed by atoms with Gasteiger partial charge in [0.25, 0.3) is 0 Å². The third-order valence-corrected chi connectivity index (χ3v) is 3.57. The van der Waals surface area contributed by atoms with Gasteiger partial charge < -0.3 is 4.74 Å². The summed E-state index contributed by atoms with van der Waals surface area (Å²) >= 11 is 8.49. The Bertz CT molecular complexity index is 321. The van der Waals surface area contributed by atoms with E-state index in [0.29, 0.717) is 5.92 Å². The van der Waals surface area contributed by atoms with Crippen LogP contribution in [0.4, 0.5) is 0 Å². The molecule has 1 aliphatic rings. The molecule has 1 aromatic rings. The minimum atomic E-state index is 0.492. The molecule has 1 nitrogen and oxygen atoms in total. The Morgan fingerprint density at radius 1 is 1.43 bits per heavy atom. The first-order chi connectivity index (χ1) is 6.77. The standard InChI is InChI=1S/C11H12ClIO/c12-11-4-3-9(13)6-10(11)8-2-1-5-14-7-8/h3-4,6,8H,1-2,5,7H2. The average molecular weight is 323 g/mol. The SMILES string of the molecule is Clc1ccc(I)cc1C1CCCOC1. The number of hydrogen-bond donors (Lipinski definition) is 0. The molecule has 2 rings (SSSR count). The van der Waals surface area contributed by atoms with Crippen LogP contribution in [0, 0.1) is 3.57 Å². The molecule has 1 fully saturated rings. The van der Waals surface area contributed by atoms with E-state index in [1.165, 1.54) is 15.6 Å². The molecule has 1 heterocycles. The molecule has 0 radical (unpaired) electrons. The van der Waals surface area contributed by atoms with Crippen molar-refractivity contribution in [3.05, 3.63) is 32.4 Å². The fourth-order valence-electron chi connectivity index (χ4n) is 1.81. The van der Waals surface area contributed by atoms with Gasteiger partial charge in [-0.3, -0.25) is 0 Å². The molecule has 0 aliphatic carbocycles. The molecular formula is C11H12ClIO. The van der Waals surface area contributed by atoms with E-state index in [-0.39, 0.29) is 0 Å². The van der Waals surface area contributed by atoms with Gasteiger partial charge in [-0.05, 0) is 59.2 Å². The molecule has 0 spiro atoms. The first-order valence-electron chi connectivity index (χ1n) is 4.80. The van der Waals surface area contributed by atoms with Crippen molar-refractivity contribution >= 4 is 34.2 Å². The summed E-state index contributed by atoms with van der Waals surface area (Å²) in [4.78, 5) is 0. The summed E-state index contributed by atoms with van der Waals surface area (Å²) in [5.74, 6) is 0.492. The van der Waals surface area contributed by atoms with Crippen LogP contribution in [0.5, 0.6) is 0 Å². The maximum absolute atomic E-state index is 6.17. The van der Waals surface area contributed by atoms with Crippen LogP contribution in [-0.2, 0) is 4.74 Å². The summed E-state index contributed by atoms with van der Waals surface area (Å²) in [6.45, 7) is 1.72. The minimum absolute atomic E-state index is 0.492. The fourth-order valence-corrected chi connectivity index (χ4v) is 2.60. The number of rotatable bonds is 1. The molecule has 76 valence electrons. The smallest absolute Gasteiger partial charge is 0.0535 e. The Morgan fingerprint density at radius 2 is 2.29 bits per heavy atom. The maximum atomic E-state index is 6.17. The van der Waals surface area contributed by atoms with Gasteiger partial charge in [-0.25, -0.2) is 0 Å². The molecule has 0 N–H and O–H groups in total. The predicted octanol–water partition coefficient (Wildman–Crippen LogP) is 3.84. The molecule has 0 saturated carbocycles. The van der Waals surface area contributed by atoms with Crippen LogP contribution in [0.15, 0.2) is 18.2 Å². The van der Waals surface area contributed by atoms with Gasteiger partial charge >= 0.3 is 0 Å². The average Bonchev–Trinajstić information content (AvgIpc) is 2.23. The lowest BCUT2D eigenvalue weighted by Gasteiger charge is -2.23. The van der Waals surface area contributed by atoms with Gasteiger partial charge in [0, 0.05) is 21.1 Å². The zero-order chi connectivity index (χ0) is 9.97. The molecule has 0 aromatic heterocycles. The van der Waals surface area contributed by atoms with Crippen molar-refractivity contribution < 1.29 is 4.74 Å². The van der Waals surface area contributed by atoms with Crippen molar-refractivity contribution in [1.82, 2.24) is 0 Å². The van der Waals surface area contributed by atoms with Crippen LogP contribution in [0.1, 0.15) is 24.3 Å². The third-order valence-electron chi connectivity index (χ3n) is 2.56. The first kappa shape index (κ1) is 10.7. The Labute approximate surface area is 103 Å². The highest BCUT2D eigenvalue weighted by atomic mass is 127. The molecule has 14 heavy (non-hydrogen) atoms. The van der Waals surface area contributed by atoms with Crippen LogP contribution in [0.3, 0.4) is 0 Å². The van der Waals surface area contributed by atoms with Crippen LogP contribution in [0.2, 0.25) is 5.02 Å². The normalized spacial score (nSPS) is 22.3. The zero-order valence-electron chi connectivity index (χ0n) is 7.80. The van der Waals surface area contributed by atoms with Crippen LogP contribution >= 0.6 is 34.2 Å². The topological polar surface area (TPSA) is 9.23 Å². The van der Waals surface area contributed by atoms with Gasteiger partial charge in [0.05, 0.1) is 6.61 Å². The fraction of sp³-hybridized carbons (Fsp3) is 0.455. The van der Waals surface area contributed by atoms with Gasteiger partial charge in [0.15, 0.2) is 0 Å². The summed E-state index contributed by atoms with van der Waals surface area (Å²) in [6, 6.07) is 6.19. The molecule has 1 aromatic carbocycles. The molecule has 1 aliphatic heterocycles. The van der Waals surface area contributed by atoms with E-state index in [9.17, 15) is 0 Å². The van der Waals surface area contributed by atoms with Crippen molar-refractivity contribution in [2.24, 2.45) is 0 Å². The van der Waals surface area contributed by atoms with Crippen molar-refractivity contribution in [1.29, 1.82) is 0 Å². The highest BCUT2D eigenvalue weighted by molar-refractivity contribution is 14.1. The Kier molecular flexibility index (Phi) is 3.68. The summed E-state index contributed by atoms with van der Waals surface area (Å²) in [6.07, 6.45) is 2.34. The van der Waals surface area contributed by atoms with Crippen LogP contribution < -0.4 is 0 Å². The second kappa shape index (κ2) is 4.81. The van der Waals surface area contributed by atoms with Gasteiger partial charge in [0.2, 0.25) is 0 Å². The van der Waals surface area contributed by atoms with Crippen molar-refractivity contribution in [3.63, 3.8) is 0 Å². The van der Waals surface area contributed by atoms with E-state index in [2.05, 4.69) is 28.7 Å². The number of ether oxygens (including phenoxy) is 1. The van der Waals surface area contributed by atoms with E-state index in [0.717, 1.165) is 24.7 Å². The van der Waals surface area contributed by atoms with Crippen LogP contribution in [-0.4, -0.2) is 13.2 Å². The number of hydrogen-bond acceptors (Lipinski definition) is 1. The van der Waals surface area contributed by atoms with E-state index in [1.54, 1.807) is 0 Å². The predicted molar refractivity (Wildman–Crippen MR) is 67.0 cm³/mol. The van der Waals surface area contributed by atoms with Gasteiger partial charge in [0.1, 0.15) is 0 Å². The lowest BCUT2D eigenvalue weighted by atomic mass is 9.94. The van der Waals surface area contributed by atoms with Gasteiger partial charge in [-0.15, -0.1) is 0 Å². The Hall–Kier alpha value is 0.200. The summed E-state index contributed by atoms with van der Waals surface area (Å²) < 4.78 is 6.71. The lowest BCUT2D eigenvalue weighted by molar-refractivity contribution is 0.0804. The quantitative estimate of drug-likeness (QED) is 0.714. The van der Waals surface area contributed by atoms with E-state index in [4.69, 9.17) is 16.3 Å². The van der Waals surface area contributed by atoms with Crippen molar-refractivity contribution in [2.45, 2.75) is 18.8 Å². The van der Waals surface area contributed by atoms with Crippen molar-refractivity contribution in [2.75, 3.05) is 13.2 Å². The molecular weight excluding hydrogens is 310 g/mol. The maximum Gasteiger partial charge on any atom is 0.0535 e. The Balaban J connectivity index is 2.24. The van der Waals surface area contributed by atoms with Gasteiger partial charge in [-0.1, -0.05) is 11.6 Å². The van der Waals surface area contributed by atoms with E-state index in [1.807, 2.05) is 12.1 Å². The summed E-state index contributed by atoms with van der Waals surface area (Å²) in [5, 5.41) is 0.876. The lowest BCUT2D eigenvalue weighted by Crippen LogP contribution is -2.15. The molecule has 3 heteroatoms. The molecule has 1 atom stereocenters. The zero-order valence-corrected chi connectivity index (χ0v) is 10.7. The van der Waals surface area contributed by atoms with E-state index >= 15 is 0 Å². The highest BCUT2D eigenvalue weighted by Gasteiger charge is 2.18. The number of halogens is 2. The Morgan fingerprint density at radius 3 is 3.00 bits per heavy atom. The highest BCUT2D eigenvalue weighted by Crippen LogP contribution is 2.31. The largest absolute Gasteiger partial charge is 0.381 e. The molecule has 0 amide bonds. The second-order valence-electron chi connectivity index (χ2n) is 3.58. The minimum Gasteiger partial charge on any atom is -0.381 e. The first-order valence-corrected chi connectivity index (χ1v) is 6.26. The number of benzene rings is 1. The third kappa shape index (κ3) is 2.41. The monoisotopic (exact) mass is 322 g/mol. The van der Waals surface area contributed by atoms with E-state index < -0.39 is 0 Å². The molecule has 1 saturated heterocycles. The van der Waals surface area contributed by atoms with Crippen LogP contribution in [0.25, 0.3) is 0 Å². The summed E-state index contributed by atoms with van der Waals surface area (Å²) in [7, 11) is 0.